The van der Waals surface area contributed by atoms with Crippen LogP contribution in [0.1, 0.15) is 18.9 Å². The summed E-state index contributed by atoms with van der Waals surface area (Å²) in [6, 6.07) is 4.50. The highest BCUT2D eigenvalue weighted by Crippen LogP contribution is 2.22. The lowest BCUT2D eigenvalue weighted by Gasteiger charge is -2.12. The van der Waals surface area contributed by atoms with Gasteiger partial charge < -0.3 is 14.7 Å². The first-order valence-corrected chi connectivity index (χ1v) is 8.40. The van der Waals surface area contributed by atoms with E-state index in [1.807, 2.05) is 25.9 Å². The molecule has 0 radical (unpaired) electrons. The van der Waals surface area contributed by atoms with Gasteiger partial charge in [-0.2, -0.15) is 0 Å². The second kappa shape index (κ2) is 8.33. The maximum atomic E-state index is 12.2. The average molecular weight is 316 g/mol. The molecule has 0 amide bonds. The number of nitrogens with zero attached hydrogens (tertiary/aromatic N) is 1. The number of hydrogen-bond donors (Lipinski definition) is 2. The molecule has 0 saturated carbocycles. The van der Waals surface area contributed by atoms with Crippen LogP contribution in [-0.4, -0.2) is 52.2 Å². The summed E-state index contributed by atoms with van der Waals surface area (Å²) in [5.74, 6) is 0.506. The first kappa shape index (κ1) is 17.9. The van der Waals surface area contributed by atoms with Crippen molar-refractivity contribution in [2.75, 3.05) is 33.8 Å². The van der Waals surface area contributed by atoms with Crippen molar-refractivity contribution < 1.29 is 18.3 Å². The standard InChI is InChI=1S/C14H24N2O4S/c1-4-20-14-7-6-13(10-12(14)11-17)21(18,19)15-8-5-9-16(2)3/h6-7,10,15,17H,4-5,8-9,11H2,1-3H3. The molecule has 2 N–H and O–H groups in total. The summed E-state index contributed by atoms with van der Waals surface area (Å²) < 4.78 is 32.2. The van der Waals surface area contributed by atoms with Crippen LogP contribution in [0.25, 0.3) is 0 Å². The van der Waals surface area contributed by atoms with Gasteiger partial charge in [-0.25, -0.2) is 13.1 Å². The van der Waals surface area contributed by atoms with Crippen LogP contribution < -0.4 is 9.46 Å². The number of sulfonamides is 1. The molecule has 0 bridgehead atoms. The van der Waals surface area contributed by atoms with Gasteiger partial charge in [0.2, 0.25) is 10.0 Å². The van der Waals surface area contributed by atoms with Gasteiger partial charge in [0.05, 0.1) is 18.1 Å². The van der Waals surface area contributed by atoms with E-state index < -0.39 is 10.0 Å². The molecule has 0 heterocycles. The quantitative estimate of drug-likeness (QED) is 0.659. The zero-order chi connectivity index (χ0) is 15.9. The molecule has 0 aliphatic carbocycles. The fourth-order valence-electron chi connectivity index (χ4n) is 1.83. The summed E-state index contributed by atoms with van der Waals surface area (Å²) in [5, 5.41) is 9.31. The Hall–Kier alpha value is -1.15. The van der Waals surface area contributed by atoms with Crippen molar-refractivity contribution in [1.29, 1.82) is 0 Å². The summed E-state index contributed by atoms with van der Waals surface area (Å²) in [4.78, 5) is 2.13. The van der Waals surface area contributed by atoms with Crippen LogP contribution in [0.5, 0.6) is 5.75 Å². The minimum atomic E-state index is -3.56. The van der Waals surface area contributed by atoms with Crippen LogP contribution in [0.3, 0.4) is 0 Å². The maximum absolute atomic E-state index is 12.2. The second-order valence-corrected chi connectivity index (χ2v) is 6.68. The molecule has 21 heavy (non-hydrogen) atoms. The molecule has 6 nitrogen and oxygen atoms in total. The second-order valence-electron chi connectivity index (χ2n) is 4.92. The third-order valence-electron chi connectivity index (χ3n) is 2.89. The van der Waals surface area contributed by atoms with E-state index in [4.69, 9.17) is 4.74 Å². The Morgan fingerprint density at radius 2 is 2.05 bits per heavy atom. The van der Waals surface area contributed by atoms with Crippen LogP contribution in [0, 0.1) is 0 Å². The first-order chi connectivity index (χ1) is 9.90. The molecule has 0 spiro atoms. The van der Waals surface area contributed by atoms with Crippen molar-refractivity contribution >= 4 is 10.0 Å². The summed E-state index contributed by atoms with van der Waals surface area (Å²) in [7, 11) is 0.320. The highest BCUT2D eigenvalue weighted by molar-refractivity contribution is 7.89. The Labute approximate surface area is 126 Å². The zero-order valence-corrected chi connectivity index (χ0v) is 13.6. The van der Waals surface area contributed by atoms with Gasteiger partial charge in [-0.1, -0.05) is 0 Å². The van der Waals surface area contributed by atoms with E-state index in [9.17, 15) is 13.5 Å². The number of rotatable bonds is 9. The Morgan fingerprint density at radius 1 is 1.33 bits per heavy atom. The van der Waals surface area contributed by atoms with E-state index in [1.165, 1.54) is 12.1 Å². The Kier molecular flexibility index (Phi) is 7.10. The maximum Gasteiger partial charge on any atom is 0.240 e. The molecule has 7 heteroatoms. The average Bonchev–Trinajstić information content (AvgIpc) is 2.44. The fourth-order valence-corrected chi connectivity index (χ4v) is 2.95. The highest BCUT2D eigenvalue weighted by atomic mass is 32.2. The third-order valence-corrected chi connectivity index (χ3v) is 4.35. The van der Waals surface area contributed by atoms with Crippen molar-refractivity contribution in [3.8, 4) is 5.75 Å². The van der Waals surface area contributed by atoms with Crippen molar-refractivity contribution in [1.82, 2.24) is 9.62 Å². The zero-order valence-electron chi connectivity index (χ0n) is 12.8. The van der Waals surface area contributed by atoms with E-state index in [0.29, 0.717) is 24.5 Å². The Bertz CT molecular complexity index is 544. The molecule has 1 aromatic rings. The fraction of sp³-hybridized carbons (Fsp3) is 0.571. The minimum absolute atomic E-state index is 0.139. The van der Waals surface area contributed by atoms with E-state index in [1.54, 1.807) is 6.07 Å². The summed E-state index contributed by atoms with van der Waals surface area (Å²) in [6.45, 7) is 3.22. The highest BCUT2D eigenvalue weighted by Gasteiger charge is 2.15. The third kappa shape index (κ3) is 5.62. The molecule has 0 aliphatic heterocycles. The number of hydrogen-bond acceptors (Lipinski definition) is 5. The molecule has 0 aliphatic rings. The number of ether oxygens (including phenoxy) is 1. The SMILES string of the molecule is CCOc1ccc(S(=O)(=O)NCCCN(C)C)cc1CO. The number of benzene rings is 1. The molecule has 0 unspecified atom stereocenters. The first-order valence-electron chi connectivity index (χ1n) is 6.91. The molecule has 120 valence electrons. The number of aliphatic hydroxyl groups excluding tert-OH is 1. The van der Waals surface area contributed by atoms with Gasteiger partial charge >= 0.3 is 0 Å². The van der Waals surface area contributed by atoms with E-state index in [-0.39, 0.29) is 11.5 Å². The van der Waals surface area contributed by atoms with Crippen LogP contribution in [-0.2, 0) is 16.6 Å². The van der Waals surface area contributed by atoms with Gasteiger partial charge in [-0.3, -0.25) is 0 Å². The predicted octanol–water partition coefficient (Wildman–Crippen LogP) is 0.808. The van der Waals surface area contributed by atoms with Crippen LogP contribution >= 0.6 is 0 Å². The number of aliphatic hydroxyl groups is 1. The van der Waals surface area contributed by atoms with Gasteiger partial charge in [0.1, 0.15) is 5.75 Å². The Morgan fingerprint density at radius 3 is 2.62 bits per heavy atom. The number of nitrogens with one attached hydrogen (secondary N) is 1. The van der Waals surface area contributed by atoms with Crippen LogP contribution in [0.15, 0.2) is 23.1 Å². The van der Waals surface area contributed by atoms with Gasteiger partial charge in [-0.15, -0.1) is 0 Å². The van der Waals surface area contributed by atoms with E-state index in [0.717, 1.165) is 13.0 Å². The van der Waals surface area contributed by atoms with Crippen LogP contribution in [0.4, 0.5) is 0 Å². The van der Waals surface area contributed by atoms with Gasteiger partial charge in [0.15, 0.2) is 0 Å². The molecule has 0 aromatic heterocycles. The van der Waals surface area contributed by atoms with E-state index in [2.05, 4.69) is 4.72 Å². The summed E-state index contributed by atoms with van der Waals surface area (Å²) in [5.41, 5.74) is 0.466. The molecular formula is C14H24N2O4S. The molecule has 1 aromatic carbocycles. The largest absolute Gasteiger partial charge is 0.494 e. The van der Waals surface area contributed by atoms with Crippen molar-refractivity contribution in [3.05, 3.63) is 23.8 Å². The lowest BCUT2D eigenvalue weighted by atomic mass is 10.2. The monoisotopic (exact) mass is 316 g/mol. The molecule has 1 rings (SSSR count). The predicted molar refractivity (Wildman–Crippen MR) is 81.9 cm³/mol. The van der Waals surface area contributed by atoms with Crippen molar-refractivity contribution in [3.63, 3.8) is 0 Å². The lowest BCUT2D eigenvalue weighted by molar-refractivity contribution is 0.266. The molecule has 0 atom stereocenters. The Balaban J connectivity index is 2.78. The lowest BCUT2D eigenvalue weighted by Crippen LogP contribution is -2.27. The van der Waals surface area contributed by atoms with Crippen molar-refractivity contribution in [2.45, 2.75) is 24.8 Å². The van der Waals surface area contributed by atoms with Gasteiger partial charge in [0.25, 0.3) is 0 Å². The molecule has 0 fully saturated rings. The summed E-state index contributed by atoms with van der Waals surface area (Å²) in [6.07, 6.45) is 0.732. The minimum Gasteiger partial charge on any atom is -0.494 e. The topological polar surface area (TPSA) is 78.9 Å². The smallest absolute Gasteiger partial charge is 0.240 e. The molecule has 0 saturated heterocycles. The normalized spacial score (nSPS) is 11.9. The van der Waals surface area contributed by atoms with Crippen LogP contribution in [0.2, 0.25) is 0 Å². The van der Waals surface area contributed by atoms with Crippen molar-refractivity contribution in [2.24, 2.45) is 0 Å². The van der Waals surface area contributed by atoms with Gasteiger partial charge in [-0.05, 0) is 52.2 Å². The van der Waals surface area contributed by atoms with Gasteiger partial charge in [0, 0.05) is 12.1 Å². The summed E-state index contributed by atoms with van der Waals surface area (Å²) >= 11 is 0. The van der Waals surface area contributed by atoms with E-state index >= 15 is 0 Å². The molecular weight excluding hydrogens is 292 g/mol.